The first-order valence-electron chi connectivity index (χ1n) is 8.47. The minimum absolute atomic E-state index is 0.0997. The number of methoxy groups -OCH3 is 1. The highest BCUT2D eigenvalue weighted by atomic mass is 16.5. The third-order valence-corrected chi connectivity index (χ3v) is 4.11. The lowest BCUT2D eigenvalue weighted by atomic mass is 10.1. The monoisotopic (exact) mass is 382 g/mol. The SMILES string of the molecule is CCOC(=O)c1c(-c2ccccc2OC)n(-c2ccc(C(=O)O)cc2)[nH]c1=O. The number of esters is 1. The number of para-hydroxylation sites is 1. The highest BCUT2D eigenvalue weighted by Gasteiger charge is 2.26. The highest BCUT2D eigenvalue weighted by molar-refractivity contribution is 5.97. The van der Waals surface area contributed by atoms with Gasteiger partial charge in [0.05, 0.1) is 30.7 Å². The van der Waals surface area contributed by atoms with Crippen molar-refractivity contribution in [3.05, 3.63) is 70.0 Å². The Morgan fingerprint density at radius 2 is 1.79 bits per heavy atom. The molecule has 0 bridgehead atoms. The molecule has 3 rings (SSSR count). The predicted octanol–water partition coefficient (Wildman–Crippen LogP) is 2.72. The molecule has 1 aromatic heterocycles. The van der Waals surface area contributed by atoms with Gasteiger partial charge in [-0.3, -0.25) is 14.6 Å². The number of carbonyl (C=O) groups excluding carboxylic acids is 1. The van der Waals surface area contributed by atoms with E-state index in [1.54, 1.807) is 31.2 Å². The first kappa shape index (κ1) is 19.0. The Hall–Kier alpha value is -3.81. The first-order chi connectivity index (χ1) is 13.5. The van der Waals surface area contributed by atoms with Crippen LogP contribution in [0.15, 0.2) is 53.3 Å². The summed E-state index contributed by atoms with van der Waals surface area (Å²) in [5.41, 5.74) is 0.564. The van der Waals surface area contributed by atoms with E-state index in [0.717, 1.165) is 0 Å². The Labute approximate surface area is 159 Å². The smallest absolute Gasteiger partial charge is 0.346 e. The second-order valence-corrected chi connectivity index (χ2v) is 5.77. The molecule has 0 fully saturated rings. The van der Waals surface area contributed by atoms with Crippen LogP contribution in [-0.4, -0.2) is 40.5 Å². The second kappa shape index (κ2) is 7.83. The maximum atomic E-state index is 12.6. The topological polar surface area (TPSA) is 111 Å². The van der Waals surface area contributed by atoms with Gasteiger partial charge in [-0.2, -0.15) is 0 Å². The van der Waals surface area contributed by atoms with E-state index in [-0.39, 0.29) is 23.4 Å². The van der Waals surface area contributed by atoms with E-state index < -0.39 is 17.5 Å². The van der Waals surface area contributed by atoms with Crippen molar-refractivity contribution >= 4 is 11.9 Å². The van der Waals surface area contributed by atoms with E-state index in [1.165, 1.54) is 36.1 Å². The summed E-state index contributed by atoms with van der Waals surface area (Å²) >= 11 is 0. The number of hydrogen-bond donors (Lipinski definition) is 2. The van der Waals surface area contributed by atoms with Gasteiger partial charge in [0, 0.05) is 5.56 Å². The number of carboxylic acid groups (broad SMARTS) is 1. The van der Waals surface area contributed by atoms with Crippen molar-refractivity contribution in [3.8, 4) is 22.7 Å². The molecule has 3 aromatic rings. The quantitative estimate of drug-likeness (QED) is 0.634. The predicted molar refractivity (Wildman–Crippen MR) is 101 cm³/mol. The minimum atomic E-state index is -1.07. The molecule has 144 valence electrons. The Balaban J connectivity index is 2.29. The lowest BCUT2D eigenvalue weighted by Gasteiger charge is -2.13. The summed E-state index contributed by atoms with van der Waals surface area (Å²) in [6, 6.07) is 12.8. The van der Waals surface area contributed by atoms with Gasteiger partial charge in [-0.05, 0) is 43.3 Å². The van der Waals surface area contributed by atoms with Crippen LogP contribution in [0.25, 0.3) is 16.9 Å². The van der Waals surface area contributed by atoms with Crippen molar-refractivity contribution in [2.45, 2.75) is 6.92 Å². The third kappa shape index (κ3) is 3.39. The van der Waals surface area contributed by atoms with E-state index in [1.807, 2.05) is 0 Å². The van der Waals surface area contributed by atoms with Gasteiger partial charge < -0.3 is 14.6 Å². The maximum Gasteiger partial charge on any atom is 0.346 e. The molecular weight excluding hydrogens is 364 g/mol. The first-order valence-corrected chi connectivity index (χ1v) is 8.47. The zero-order valence-corrected chi connectivity index (χ0v) is 15.3. The number of carbonyl (C=O) groups is 2. The number of aromatic nitrogens is 2. The van der Waals surface area contributed by atoms with Gasteiger partial charge in [0.2, 0.25) is 0 Å². The van der Waals surface area contributed by atoms with Crippen LogP contribution in [0.5, 0.6) is 5.75 Å². The number of aromatic amines is 1. The average molecular weight is 382 g/mol. The number of rotatable bonds is 6. The zero-order valence-electron chi connectivity index (χ0n) is 15.3. The zero-order chi connectivity index (χ0) is 20.3. The van der Waals surface area contributed by atoms with Gasteiger partial charge in [-0.1, -0.05) is 12.1 Å². The molecule has 2 N–H and O–H groups in total. The van der Waals surface area contributed by atoms with E-state index >= 15 is 0 Å². The van der Waals surface area contributed by atoms with Crippen LogP contribution in [0.2, 0.25) is 0 Å². The molecule has 28 heavy (non-hydrogen) atoms. The Bertz CT molecular complexity index is 1080. The lowest BCUT2D eigenvalue weighted by Crippen LogP contribution is -2.15. The highest BCUT2D eigenvalue weighted by Crippen LogP contribution is 2.33. The summed E-state index contributed by atoms with van der Waals surface area (Å²) in [6.45, 7) is 1.76. The van der Waals surface area contributed by atoms with Gasteiger partial charge in [0.1, 0.15) is 5.75 Å². The summed E-state index contributed by atoms with van der Waals surface area (Å²) in [5, 5.41) is 11.7. The molecule has 0 atom stereocenters. The van der Waals surface area contributed by atoms with E-state index in [9.17, 15) is 14.4 Å². The fourth-order valence-corrected chi connectivity index (χ4v) is 2.87. The van der Waals surface area contributed by atoms with Crippen molar-refractivity contribution in [3.63, 3.8) is 0 Å². The van der Waals surface area contributed by atoms with Crippen molar-refractivity contribution < 1.29 is 24.2 Å². The van der Waals surface area contributed by atoms with Crippen LogP contribution in [0.4, 0.5) is 0 Å². The third-order valence-electron chi connectivity index (χ3n) is 4.11. The molecule has 1 heterocycles. The molecule has 8 heteroatoms. The number of aromatic carboxylic acids is 1. The van der Waals surface area contributed by atoms with Crippen LogP contribution in [0.1, 0.15) is 27.6 Å². The average Bonchev–Trinajstić information content (AvgIpc) is 3.05. The van der Waals surface area contributed by atoms with Crippen molar-refractivity contribution in [1.29, 1.82) is 0 Å². The molecule has 0 aliphatic heterocycles. The van der Waals surface area contributed by atoms with E-state index in [4.69, 9.17) is 14.6 Å². The summed E-state index contributed by atoms with van der Waals surface area (Å²) in [4.78, 5) is 36.2. The summed E-state index contributed by atoms with van der Waals surface area (Å²) < 4.78 is 11.9. The molecule has 0 spiro atoms. The fraction of sp³-hybridized carbons (Fsp3) is 0.150. The van der Waals surface area contributed by atoms with Gasteiger partial charge in [-0.15, -0.1) is 0 Å². The largest absolute Gasteiger partial charge is 0.496 e. The van der Waals surface area contributed by atoms with Gasteiger partial charge in [-0.25, -0.2) is 9.59 Å². The van der Waals surface area contributed by atoms with Crippen LogP contribution < -0.4 is 10.3 Å². The summed E-state index contributed by atoms with van der Waals surface area (Å²) in [6.07, 6.45) is 0. The number of benzene rings is 2. The number of nitrogens with one attached hydrogen (secondary N) is 1. The minimum Gasteiger partial charge on any atom is -0.496 e. The van der Waals surface area contributed by atoms with E-state index in [2.05, 4.69) is 5.10 Å². The molecule has 0 radical (unpaired) electrons. The molecule has 0 saturated carbocycles. The summed E-state index contributed by atoms with van der Waals surface area (Å²) in [7, 11) is 1.49. The van der Waals surface area contributed by atoms with E-state index in [0.29, 0.717) is 17.0 Å². The molecule has 0 saturated heterocycles. The lowest BCUT2D eigenvalue weighted by molar-refractivity contribution is 0.0525. The Morgan fingerprint density at radius 1 is 1.11 bits per heavy atom. The number of carboxylic acids is 1. The van der Waals surface area contributed by atoms with Crippen molar-refractivity contribution in [2.75, 3.05) is 13.7 Å². The summed E-state index contributed by atoms with van der Waals surface area (Å²) in [5.74, 6) is -1.36. The maximum absolute atomic E-state index is 12.6. The normalized spacial score (nSPS) is 10.5. The van der Waals surface area contributed by atoms with Gasteiger partial charge in [0.15, 0.2) is 5.56 Å². The van der Waals surface area contributed by atoms with Crippen LogP contribution in [0, 0.1) is 0 Å². The van der Waals surface area contributed by atoms with Crippen molar-refractivity contribution in [2.24, 2.45) is 0 Å². The van der Waals surface area contributed by atoms with Crippen LogP contribution >= 0.6 is 0 Å². The molecule has 0 unspecified atom stereocenters. The Kier molecular flexibility index (Phi) is 5.30. The van der Waals surface area contributed by atoms with Crippen LogP contribution in [0.3, 0.4) is 0 Å². The second-order valence-electron chi connectivity index (χ2n) is 5.77. The van der Waals surface area contributed by atoms with Crippen molar-refractivity contribution in [1.82, 2.24) is 9.78 Å². The Morgan fingerprint density at radius 3 is 2.39 bits per heavy atom. The van der Waals surface area contributed by atoms with Gasteiger partial charge in [0.25, 0.3) is 5.56 Å². The fourth-order valence-electron chi connectivity index (χ4n) is 2.87. The van der Waals surface area contributed by atoms with Gasteiger partial charge >= 0.3 is 11.9 Å². The van der Waals surface area contributed by atoms with Crippen LogP contribution in [-0.2, 0) is 4.74 Å². The standard InChI is InChI=1S/C20H18N2O6/c1-3-28-20(26)16-17(14-6-4-5-7-15(14)27-2)22(21-18(16)23)13-10-8-12(9-11-13)19(24)25/h4-11H,3H2,1-2H3,(H,21,23)(H,24,25). The number of hydrogen-bond acceptors (Lipinski definition) is 5. The molecule has 0 aliphatic rings. The molecule has 0 amide bonds. The molecular formula is C20H18N2O6. The number of H-pyrrole nitrogens is 1. The molecule has 2 aromatic carbocycles. The number of nitrogens with zero attached hydrogens (tertiary/aromatic N) is 1. The molecule has 0 aliphatic carbocycles. The molecule has 8 nitrogen and oxygen atoms in total. The number of ether oxygens (including phenoxy) is 2.